The smallest absolute Gasteiger partial charge is 0.270 e. The van der Waals surface area contributed by atoms with Crippen molar-refractivity contribution < 1.29 is 14.3 Å². The molecule has 0 aliphatic carbocycles. The molecule has 0 bridgehead atoms. The molecular formula is C8H12N2O3. The largest absolute Gasteiger partial charge is 0.349 e. The zero-order valence-corrected chi connectivity index (χ0v) is 7.45. The predicted molar refractivity (Wildman–Crippen MR) is 43.7 cm³/mol. The second-order valence-corrected chi connectivity index (χ2v) is 3.38. The van der Waals surface area contributed by atoms with Crippen molar-refractivity contribution in [3.05, 3.63) is 0 Å². The SMILES string of the molecule is C[C@@H]1CCO[C@H]2C(=O)NCC(=O)N12. The van der Waals surface area contributed by atoms with Crippen LogP contribution in [-0.2, 0) is 14.3 Å². The van der Waals surface area contributed by atoms with Gasteiger partial charge < -0.3 is 15.0 Å². The van der Waals surface area contributed by atoms with Gasteiger partial charge >= 0.3 is 0 Å². The Morgan fingerprint density at radius 3 is 3.00 bits per heavy atom. The molecule has 2 fully saturated rings. The Morgan fingerprint density at radius 2 is 2.31 bits per heavy atom. The summed E-state index contributed by atoms with van der Waals surface area (Å²) < 4.78 is 5.23. The van der Waals surface area contributed by atoms with Gasteiger partial charge in [0.15, 0.2) is 0 Å². The molecule has 72 valence electrons. The van der Waals surface area contributed by atoms with E-state index in [1.807, 2.05) is 6.92 Å². The number of amides is 2. The number of hydrogen-bond acceptors (Lipinski definition) is 3. The van der Waals surface area contributed by atoms with Crippen molar-refractivity contribution in [2.24, 2.45) is 0 Å². The summed E-state index contributed by atoms with van der Waals surface area (Å²) in [4.78, 5) is 24.2. The summed E-state index contributed by atoms with van der Waals surface area (Å²) in [5.74, 6) is -0.261. The molecule has 2 rings (SSSR count). The van der Waals surface area contributed by atoms with Crippen molar-refractivity contribution in [3.8, 4) is 0 Å². The molecule has 2 aliphatic rings. The standard InChI is InChI=1S/C8H12N2O3/c1-5-2-3-13-8-7(12)9-4-6(11)10(5)8/h5,8H,2-4H2,1H3,(H,9,12)/t5-,8+/m1/s1. The van der Waals surface area contributed by atoms with Crippen LogP contribution in [-0.4, -0.2) is 42.1 Å². The molecule has 2 amide bonds. The lowest BCUT2D eigenvalue weighted by Crippen LogP contribution is -2.64. The highest BCUT2D eigenvalue weighted by molar-refractivity contribution is 5.94. The Hall–Kier alpha value is -1.10. The first kappa shape index (κ1) is 8.50. The first-order valence-corrected chi connectivity index (χ1v) is 4.40. The predicted octanol–water partition coefficient (Wildman–Crippen LogP) is -0.920. The van der Waals surface area contributed by atoms with Gasteiger partial charge in [-0.25, -0.2) is 0 Å². The summed E-state index contributed by atoms with van der Waals surface area (Å²) in [6, 6.07) is 0.109. The summed E-state index contributed by atoms with van der Waals surface area (Å²) >= 11 is 0. The van der Waals surface area contributed by atoms with Crippen LogP contribution in [0.25, 0.3) is 0 Å². The lowest BCUT2D eigenvalue weighted by Gasteiger charge is -2.42. The highest BCUT2D eigenvalue weighted by Gasteiger charge is 2.40. The van der Waals surface area contributed by atoms with Crippen LogP contribution < -0.4 is 5.32 Å². The number of nitrogens with one attached hydrogen (secondary N) is 1. The number of carbonyl (C=O) groups is 2. The van der Waals surface area contributed by atoms with E-state index in [4.69, 9.17) is 4.74 Å². The van der Waals surface area contributed by atoms with Crippen LogP contribution in [0.3, 0.4) is 0 Å². The Bertz CT molecular complexity index is 254. The molecule has 0 aromatic rings. The molecule has 0 aromatic carbocycles. The Balaban J connectivity index is 2.22. The molecule has 5 nitrogen and oxygen atoms in total. The Kier molecular flexibility index (Phi) is 1.95. The van der Waals surface area contributed by atoms with E-state index in [9.17, 15) is 9.59 Å². The quantitative estimate of drug-likeness (QED) is 0.529. The number of nitrogens with zero attached hydrogens (tertiary/aromatic N) is 1. The normalized spacial score (nSPS) is 34.1. The van der Waals surface area contributed by atoms with E-state index >= 15 is 0 Å². The number of rotatable bonds is 0. The summed E-state index contributed by atoms with van der Waals surface area (Å²) in [5.41, 5.74) is 0. The molecule has 2 atom stereocenters. The molecule has 0 unspecified atom stereocenters. The average molecular weight is 184 g/mol. The fourth-order valence-electron chi connectivity index (χ4n) is 1.72. The zero-order valence-electron chi connectivity index (χ0n) is 7.45. The van der Waals surface area contributed by atoms with Crippen LogP contribution in [0.4, 0.5) is 0 Å². The minimum atomic E-state index is -0.690. The van der Waals surface area contributed by atoms with E-state index in [-0.39, 0.29) is 24.4 Å². The van der Waals surface area contributed by atoms with E-state index in [2.05, 4.69) is 5.32 Å². The van der Waals surface area contributed by atoms with Crippen molar-refractivity contribution in [2.75, 3.05) is 13.2 Å². The first-order valence-electron chi connectivity index (χ1n) is 4.40. The van der Waals surface area contributed by atoms with Gasteiger partial charge in [0, 0.05) is 6.04 Å². The van der Waals surface area contributed by atoms with E-state index < -0.39 is 6.23 Å². The van der Waals surface area contributed by atoms with Crippen LogP contribution in [0.15, 0.2) is 0 Å². The van der Waals surface area contributed by atoms with Crippen LogP contribution in [0.5, 0.6) is 0 Å². The van der Waals surface area contributed by atoms with Crippen molar-refractivity contribution in [1.29, 1.82) is 0 Å². The average Bonchev–Trinajstić information content (AvgIpc) is 2.12. The molecule has 0 spiro atoms. The number of carbonyl (C=O) groups excluding carboxylic acids is 2. The summed E-state index contributed by atoms with van der Waals surface area (Å²) in [7, 11) is 0. The third-order valence-corrected chi connectivity index (χ3v) is 2.46. The molecule has 5 heteroatoms. The summed E-state index contributed by atoms with van der Waals surface area (Å²) in [6.07, 6.45) is 0.111. The van der Waals surface area contributed by atoms with Crippen molar-refractivity contribution in [1.82, 2.24) is 10.2 Å². The highest BCUT2D eigenvalue weighted by Crippen LogP contribution is 2.19. The molecule has 2 saturated heterocycles. The third kappa shape index (κ3) is 1.29. The second kappa shape index (κ2) is 2.99. The van der Waals surface area contributed by atoms with E-state index in [0.29, 0.717) is 6.61 Å². The van der Waals surface area contributed by atoms with Crippen molar-refractivity contribution in [2.45, 2.75) is 25.6 Å². The lowest BCUT2D eigenvalue weighted by molar-refractivity contribution is -0.179. The number of piperazine rings is 1. The first-order chi connectivity index (χ1) is 6.20. The summed E-state index contributed by atoms with van der Waals surface area (Å²) in [6.45, 7) is 2.58. The van der Waals surface area contributed by atoms with Gasteiger partial charge in [-0.05, 0) is 13.3 Å². The van der Waals surface area contributed by atoms with Gasteiger partial charge in [-0.15, -0.1) is 0 Å². The molecular weight excluding hydrogens is 172 g/mol. The Labute approximate surface area is 76.0 Å². The summed E-state index contributed by atoms with van der Waals surface area (Å²) in [5, 5.41) is 2.50. The number of fused-ring (bicyclic) bond motifs is 1. The van der Waals surface area contributed by atoms with Gasteiger partial charge in [0.25, 0.3) is 5.91 Å². The number of ether oxygens (including phenoxy) is 1. The molecule has 13 heavy (non-hydrogen) atoms. The lowest BCUT2D eigenvalue weighted by atomic mass is 10.1. The molecule has 2 aliphatic heterocycles. The zero-order chi connectivity index (χ0) is 9.42. The molecule has 0 radical (unpaired) electrons. The monoisotopic (exact) mass is 184 g/mol. The van der Waals surface area contributed by atoms with Crippen LogP contribution in [0.2, 0.25) is 0 Å². The van der Waals surface area contributed by atoms with Crippen molar-refractivity contribution in [3.63, 3.8) is 0 Å². The topological polar surface area (TPSA) is 58.6 Å². The van der Waals surface area contributed by atoms with E-state index in [0.717, 1.165) is 6.42 Å². The molecule has 0 saturated carbocycles. The van der Waals surface area contributed by atoms with Gasteiger partial charge in [-0.3, -0.25) is 9.59 Å². The van der Waals surface area contributed by atoms with Crippen LogP contribution in [0, 0.1) is 0 Å². The van der Waals surface area contributed by atoms with E-state index in [1.54, 1.807) is 0 Å². The van der Waals surface area contributed by atoms with Gasteiger partial charge in [0.1, 0.15) is 0 Å². The number of hydrogen-bond donors (Lipinski definition) is 1. The highest BCUT2D eigenvalue weighted by atomic mass is 16.5. The molecule has 1 N–H and O–H groups in total. The molecule has 2 heterocycles. The van der Waals surface area contributed by atoms with E-state index in [1.165, 1.54) is 4.90 Å². The minimum absolute atomic E-state index is 0.0585. The minimum Gasteiger partial charge on any atom is -0.349 e. The van der Waals surface area contributed by atoms with Crippen LogP contribution in [0.1, 0.15) is 13.3 Å². The maximum Gasteiger partial charge on any atom is 0.270 e. The van der Waals surface area contributed by atoms with Crippen molar-refractivity contribution >= 4 is 11.8 Å². The van der Waals surface area contributed by atoms with Gasteiger partial charge in [0.05, 0.1) is 13.2 Å². The second-order valence-electron chi connectivity index (χ2n) is 3.38. The fourth-order valence-corrected chi connectivity index (χ4v) is 1.72. The van der Waals surface area contributed by atoms with Gasteiger partial charge in [0.2, 0.25) is 12.1 Å². The maximum atomic E-state index is 11.4. The van der Waals surface area contributed by atoms with Gasteiger partial charge in [-0.2, -0.15) is 0 Å². The Morgan fingerprint density at radius 1 is 1.54 bits per heavy atom. The van der Waals surface area contributed by atoms with Gasteiger partial charge in [-0.1, -0.05) is 0 Å². The fraction of sp³-hybridized carbons (Fsp3) is 0.750. The van der Waals surface area contributed by atoms with Crippen LogP contribution >= 0.6 is 0 Å². The molecule has 0 aromatic heterocycles. The third-order valence-electron chi connectivity index (χ3n) is 2.46. The maximum absolute atomic E-state index is 11.4.